The number of hydrogen-bond donors (Lipinski definition) is 1. The van der Waals surface area contributed by atoms with Gasteiger partial charge in [0.2, 0.25) is 0 Å². The van der Waals surface area contributed by atoms with Crippen LogP contribution in [0.1, 0.15) is 26.3 Å². The highest BCUT2D eigenvalue weighted by Gasteiger charge is 2.27. The highest BCUT2D eigenvalue weighted by molar-refractivity contribution is 5.54. The Labute approximate surface area is 125 Å². The van der Waals surface area contributed by atoms with E-state index in [2.05, 4.69) is 26.1 Å². The smallest absolute Gasteiger partial charge is 0.276 e. The van der Waals surface area contributed by atoms with Crippen LogP contribution in [-0.2, 0) is 6.42 Å². The van der Waals surface area contributed by atoms with Crippen molar-refractivity contribution in [2.75, 3.05) is 21.3 Å². The molecule has 0 aliphatic carbocycles. The molecule has 1 N–H and O–H groups in total. The highest BCUT2D eigenvalue weighted by Crippen LogP contribution is 2.36. The van der Waals surface area contributed by atoms with Crippen LogP contribution in [0.4, 0.5) is 5.69 Å². The van der Waals surface area contributed by atoms with Gasteiger partial charge in [0.15, 0.2) is 11.5 Å². The van der Waals surface area contributed by atoms with Gasteiger partial charge in [0.1, 0.15) is 0 Å². The van der Waals surface area contributed by atoms with Crippen LogP contribution in [0.2, 0.25) is 0 Å². The summed E-state index contributed by atoms with van der Waals surface area (Å²) in [5, 5.41) is 14.5. The monoisotopic (exact) mass is 296 g/mol. The summed E-state index contributed by atoms with van der Waals surface area (Å²) in [5.41, 5.74) is 0.666. The molecule has 1 aromatic rings. The van der Waals surface area contributed by atoms with Gasteiger partial charge in [0, 0.05) is 11.6 Å². The minimum absolute atomic E-state index is 0.0181. The van der Waals surface area contributed by atoms with E-state index < -0.39 is 0 Å². The third-order valence-electron chi connectivity index (χ3n) is 3.60. The van der Waals surface area contributed by atoms with Crippen molar-refractivity contribution >= 4 is 5.69 Å². The van der Waals surface area contributed by atoms with Gasteiger partial charge in [-0.05, 0) is 24.9 Å². The van der Waals surface area contributed by atoms with Crippen molar-refractivity contribution in [2.45, 2.75) is 33.2 Å². The second kappa shape index (κ2) is 6.76. The maximum atomic E-state index is 11.3. The highest BCUT2D eigenvalue weighted by atomic mass is 16.6. The van der Waals surface area contributed by atoms with E-state index in [9.17, 15) is 10.1 Å². The summed E-state index contributed by atoms with van der Waals surface area (Å²) in [7, 11) is 4.85. The lowest BCUT2D eigenvalue weighted by molar-refractivity contribution is -0.385. The van der Waals surface area contributed by atoms with Gasteiger partial charge < -0.3 is 14.8 Å². The summed E-state index contributed by atoms with van der Waals surface area (Å²) in [6.07, 6.45) is 0.538. The fraction of sp³-hybridized carbons (Fsp3) is 0.600. The van der Waals surface area contributed by atoms with Gasteiger partial charge in [-0.25, -0.2) is 0 Å². The summed E-state index contributed by atoms with van der Waals surface area (Å²) >= 11 is 0. The lowest BCUT2D eigenvalue weighted by Gasteiger charge is -2.30. The molecule has 1 unspecified atom stereocenters. The molecule has 0 radical (unpaired) electrons. The van der Waals surface area contributed by atoms with Gasteiger partial charge in [-0.1, -0.05) is 20.8 Å². The average molecular weight is 296 g/mol. The number of nitro groups is 1. The van der Waals surface area contributed by atoms with Crippen LogP contribution in [0.25, 0.3) is 0 Å². The van der Waals surface area contributed by atoms with Gasteiger partial charge in [0.05, 0.1) is 25.2 Å². The zero-order valence-corrected chi connectivity index (χ0v) is 13.5. The zero-order chi connectivity index (χ0) is 16.2. The fourth-order valence-corrected chi connectivity index (χ4v) is 2.30. The predicted molar refractivity (Wildman–Crippen MR) is 82.2 cm³/mol. The SMILES string of the molecule is CNC(Cc1cc(OC)c(OC)cc1[N+](=O)[O-])C(C)(C)C. The fourth-order valence-electron chi connectivity index (χ4n) is 2.30. The maximum absolute atomic E-state index is 11.3. The Balaban J connectivity index is 3.29. The third kappa shape index (κ3) is 4.07. The quantitative estimate of drug-likeness (QED) is 0.645. The molecule has 0 spiro atoms. The van der Waals surface area contributed by atoms with E-state index in [1.807, 2.05) is 7.05 Å². The number of nitro benzene ring substituents is 1. The molecule has 1 aromatic carbocycles. The van der Waals surface area contributed by atoms with Crippen molar-refractivity contribution < 1.29 is 14.4 Å². The lowest BCUT2D eigenvalue weighted by Crippen LogP contribution is -2.39. The van der Waals surface area contributed by atoms with Crippen molar-refractivity contribution in [3.8, 4) is 11.5 Å². The minimum atomic E-state index is -0.382. The number of nitrogens with one attached hydrogen (secondary N) is 1. The molecule has 0 heterocycles. The molecule has 0 amide bonds. The summed E-state index contributed by atoms with van der Waals surface area (Å²) in [6, 6.07) is 3.21. The molecule has 0 aromatic heterocycles. The second-order valence-electron chi connectivity index (χ2n) is 6.00. The molecule has 0 aliphatic rings. The maximum Gasteiger partial charge on any atom is 0.276 e. The number of ether oxygens (including phenoxy) is 2. The Bertz CT molecular complexity index is 509. The Hall–Kier alpha value is -1.82. The topological polar surface area (TPSA) is 73.6 Å². The van der Waals surface area contributed by atoms with E-state index in [0.717, 1.165) is 0 Å². The molecule has 6 nitrogen and oxygen atoms in total. The summed E-state index contributed by atoms with van der Waals surface area (Å²) in [6.45, 7) is 6.29. The normalized spacial score (nSPS) is 12.9. The van der Waals surface area contributed by atoms with Crippen LogP contribution < -0.4 is 14.8 Å². The molecular formula is C15H24N2O4. The van der Waals surface area contributed by atoms with Crippen LogP contribution in [0, 0.1) is 15.5 Å². The van der Waals surface area contributed by atoms with E-state index in [4.69, 9.17) is 9.47 Å². The molecule has 1 atom stereocenters. The molecule has 0 saturated heterocycles. The van der Waals surface area contributed by atoms with Crippen LogP contribution in [-0.4, -0.2) is 32.2 Å². The first kappa shape index (κ1) is 17.2. The number of benzene rings is 1. The van der Waals surface area contributed by atoms with Crippen LogP contribution in [0.3, 0.4) is 0 Å². The van der Waals surface area contributed by atoms with E-state index in [0.29, 0.717) is 23.5 Å². The Morgan fingerprint density at radius 3 is 2.14 bits per heavy atom. The van der Waals surface area contributed by atoms with E-state index >= 15 is 0 Å². The Morgan fingerprint density at radius 1 is 1.24 bits per heavy atom. The van der Waals surface area contributed by atoms with Crippen molar-refractivity contribution in [1.29, 1.82) is 0 Å². The first-order chi connectivity index (χ1) is 9.74. The molecule has 0 fully saturated rings. The van der Waals surface area contributed by atoms with Gasteiger partial charge in [-0.2, -0.15) is 0 Å². The van der Waals surface area contributed by atoms with Gasteiger partial charge >= 0.3 is 0 Å². The van der Waals surface area contributed by atoms with Crippen molar-refractivity contribution in [3.63, 3.8) is 0 Å². The zero-order valence-electron chi connectivity index (χ0n) is 13.5. The van der Waals surface area contributed by atoms with Gasteiger partial charge in [-0.3, -0.25) is 10.1 Å². The molecule has 0 saturated carbocycles. The second-order valence-corrected chi connectivity index (χ2v) is 6.00. The van der Waals surface area contributed by atoms with E-state index in [-0.39, 0.29) is 22.1 Å². The van der Waals surface area contributed by atoms with Crippen molar-refractivity contribution in [2.24, 2.45) is 5.41 Å². The van der Waals surface area contributed by atoms with Crippen LogP contribution in [0.5, 0.6) is 11.5 Å². The van der Waals surface area contributed by atoms with Crippen molar-refractivity contribution in [3.05, 3.63) is 27.8 Å². The number of rotatable bonds is 6. The molecule has 6 heteroatoms. The first-order valence-electron chi connectivity index (χ1n) is 6.81. The molecule has 118 valence electrons. The largest absolute Gasteiger partial charge is 0.493 e. The van der Waals surface area contributed by atoms with Crippen LogP contribution >= 0.6 is 0 Å². The van der Waals surface area contributed by atoms with Gasteiger partial charge in [0.25, 0.3) is 5.69 Å². The number of nitrogens with zero attached hydrogens (tertiary/aromatic N) is 1. The lowest BCUT2D eigenvalue weighted by atomic mass is 9.83. The first-order valence-corrected chi connectivity index (χ1v) is 6.81. The third-order valence-corrected chi connectivity index (χ3v) is 3.60. The standard InChI is InChI=1S/C15H24N2O4/c1-15(2,3)14(16-4)8-10-7-12(20-5)13(21-6)9-11(10)17(18)19/h7,9,14,16H,8H2,1-6H3. The average Bonchev–Trinajstić information content (AvgIpc) is 2.42. The molecular weight excluding hydrogens is 272 g/mol. The van der Waals surface area contributed by atoms with E-state index in [1.165, 1.54) is 20.3 Å². The molecule has 21 heavy (non-hydrogen) atoms. The molecule has 1 rings (SSSR count). The van der Waals surface area contributed by atoms with E-state index in [1.54, 1.807) is 6.07 Å². The number of hydrogen-bond acceptors (Lipinski definition) is 5. The molecule has 0 aliphatic heterocycles. The van der Waals surface area contributed by atoms with Crippen molar-refractivity contribution in [1.82, 2.24) is 5.32 Å². The Kier molecular flexibility index (Phi) is 5.54. The molecule has 0 bridgehead atoms. The van der Waals surface area contributed by atoms with Gasteiger partial charge in [-0.15, -0.1) is 0 Å². The predicted octanol–water partition coefficient (Wildman–Crippen LogP) is 2.79. The number of likely N-dealkylation sites (N-methyl/N-ethyl adjacent to an activating group) is 1. The van der Waals surface area contributed by atoms with Crippen LogP contribution in [0.15, 0.2) is 12.1 Å². The Morgan fingerprint density at radius 2 is 1.76 bits per heavy atom. The number of methoxy groups -OCH3 is 2. The summed E-state index contributed by atoms with van der Waals surface area (Å²) in [5.74, 6) is 0.867. The summed E-state index contributed by atoms with van der Waals surface area (Å²) in [4.78, 5) is 10.9. The minimum Gasteiger partial charge on any atom is -0.493 e. The summed E-state index contributed by atoms with van der Waals surface area (Å²) < 4.78 is 10.4.